The van der Waals surface area contributed by atoms with Crippen LogP contribution in [0.25, 0.3) is 0 Å². The van der Waals surface area contributed by atoms with E-state index in [2.05, 4.69) is 15.6 Å². The molecule has 26 heavy (non-hydrogen) atoms. The van der Waals surface area contributed by atoms with E-state index >= 15 is 0 Å². The second kappa shape index (κ2) is 10.4. The van der Waals surface area contributed by atoms with Gasteiger partial charge in [-0.3, -0.25) is 9.78 Å². The van der Waals surface area contributed by atoms with Crippen LogP contribution in [-0.2, 0) is 17.9 Å². The molecule has 6 nitrogen and oxygen atoms in total. The van der Waals surface area contributed by atoms with Gasteiger partial charge in [0.25, 0.3) is 0 Å². The molecule has 2 N–H and O–H groups in total. The number of hydrogen-bond donors (Lipinski definition) is 2. The fourth-order valence-electron chi connectivity index (χ4n) is 2.30. The number of amides is 1. The molecular weight excluding hydrogens is 330 g/mol. The van der Waals surface area contributed by atoms with Gasteiger partial charge in [0.05, 0.1) is 12.8 Å². The number of carbonyl (C=O) groups excluding carboxylic acids is 1. The molecule has 0 saturated carbocycles. The fraction of sp³-hybridized carbons (Fsp3) is 0.400. The minimum absolute atomic E-state index is 0.0000156. The number of benzene rings is 1. The number of carbonyl (C=O) groups is 1. The molecule has 0 aliphatic carbocycles. The minimum Gasteiger partial charge on any atom is -0.497 e. The monoisotopic (exact) mass is 357 g/mol. The molecule has 1 heterocycles. The summed E-state index contributed by atoms with van der Waals surface area (Å²) >= 11 is 0. The lowest BCUT2D eigenvalue weighted by atomic mass is 10.2. The highest BCUT2D eigenvalue weighted by molar-refractivity contribution is 5.77. The average molecular weight is 357 g/mol. The largest absolute Gasteiger partial charge is 0.497 e. The fourth-order valence-corrected chi connectivity index (χ4v) is 2.30. The first-order valence-corrected chi connectivity index (χ1v) is 8.78. The van der Waals surface area contributed by atoms with Gasteiger partial charge in [0.15, 0.2) is 0 Å². The summed E-state index contributed by atoms with van der Waals surface area (Å²) in [5, 5.41) is 6.21. The smallest absolute Gasteiger partial charge is 0.222 e. The first-order chi connectivity index (χ1) is 12.6. The molecule has 0 atom stereocenters. The van der Waals surface area contributed by atoms with Crippen molar-refractivity contribution >= 4 is 5.91 Å². The number of nitrogens with zero attached hydrogens (tertiary/aromatic N) is 1. The Hall–Kier alpha value is -2.60. The highest BCUT2D eigenvalue weighted by Gasteiger charge is 2.08. The van der Waals surface area contributed by atoms with Gasteiger partial charge >= 0.3 is 0 Å². The summed E-state index contributed by atoms with van der Waals surface area (Å²) in [6, 6.07) is 11.5. The second-order valence-corrected chi connectivity index (χ2v) is 6.21. The van der Waals surface area contributed by atoms with Gasteiger partial charge in [-0.1, -0.05) is 19.9 Å². The van der Waals surface area contributed by atoms with Gasteiger partial charge in [0.1, 0.15) is 18.1 Å². The second-order valence-electron chi connectivity index (χ2n) is 6.21. The van der Waals surface area contributed by atoms with Crippen LogP contribution in [0, 0.1) is 5.92 Å². The molecular formula is C20H27N3O3. The Bertz CT molecular complexity index is 690. The standard InChI is InChI=1S/C20H27N3O3/c1-15(2)20(24)23-11-10-21-13-16-12-18(25-3)7-8-19(16)26-14-17-6-4-5-9-22-17/h4-9,12,15,21H,10-11,13-14H2,1-3H3,(H,23,24). The Labute approximate surface area is 154 Å². The molecule has 0 spiro atoms. The van der Waals surface area contributed by atoms with E-state index in [0.29, 0.717) is 26.2 Å². The third-order valence-electron chi connectivity index (χ3n) is 3.81. The highest BCUT2D eigenvalue weighted by atomic mass is 16.5. The van der Waals surface area contributed by atoms with Crippen molar-refractivity contribution in [2.75, 3.05) is 20.2 Å². The van der Waals surface area contributed by atoms with Gasteiger partial charge in [-0.05, 0) is 30.3 Å². The zero-order valence-electron chi connectivity index (χ0n) is 15.6. The Morgan fingerprint density at radius 1 is 1.19 bits per heavy atom. The molecule has 6 heteroatoms. The van der Waals surface area contributed by atoms with Gasteiger partial charge in [0.2, 0.25) is 5.91 Å². The highest BCUT2D eigenvalue weighted by Crippen LogP contribution is 2.24. The maximum Gasteiger partial charge on any atom is 0.222 e. The lowest BCUT2D eigenvalue weighted by molar-refractivity contribution is -0.123. The van der Waals surface area contributed by atoms with Crippen molar-refractivity contribution in [2.45, 2.75) is 27.0 Å². The van der Waals surface area contributed by atoms with E-state index < -0.39 is 0 Å². The summed E-state index contributed by atoms with van der Waals surface area (Å²) in [6.07, 6.45) is 1.75. The first-order valence-electron chi connectivity index (χ1n) is 8.78. The van der Waals surface area contributed by atoms with Crippen LogP contribution in [0.4, 0.5) is 0 Å². The summed E-state index contributed by atoms with van der Waals surface area (Å²) in [5.41, 5.74) is 1.87. The summed E-state index contributed by atoms with van der Waals surface area (Å²) < 4.78 is 11.2. The van der Waals surface area contributed by atoms with Crippen LogP contribution < -0.4 is 20.1 Å². The van der Waals surface area contributed by atoms with Gasteiger partial charge < -0.3 is 20.1 Å². The number of rotatable bonds is 10. The quantitative estimate of drug-likeness (QED) is 0.639. The van der Waals surface area contributed by atoms with E-state index in [4.69, 9.17) is 9.47 Å². The van der Waals surface area contributed by atoms with Gasteiger partial charge in [0, 0.05) is 37.3 Å². The van der Waals surface area contributed by atoms with E-state index in [1.807, 2.05) is 50.2 Å². The third-order valence-corrected chi connectivity index (χ3v) is 3.81. The third kappa shape index (κ3) is 6.37. The maximum absolute atomic E-state index is 11.6. The molecule has 0 saturated heterocycles. The summed E-state index contributed by atoms with van der Waals surface area (Å²) in [7, 11) is 1.64. The lowest BCUT2D eigenvalue weighted by Gasteiger charge is -2.14. The Morgan fingerprint density at radius 2 is 2.04 bits per heavy atom. The maximum atomic E-state index is 11.6. The van der Waals surface area contributed by atoms with E-state index in [0.717, 1.165) is 22.8 Å². The molecule has 2 rings (SSSR count). The normalized spacial score (nSPS) is 10.6. The number of methoxy groups -OCH3 is 1. The van der Waals surface area contributed by atoms with Gasteiger partial charge in [-0.2, -0.15) is 0 Å². The molecule has 0 radical (unpaired) electrons. The summed E-state index contributed by atoms with van der Waals surface area (Å²) in [4.78, 5) is 15.8. The van der Waals surface area contributed by atoms with Crippen molar-refractivity contribution in [2.24, 2.45) is 5.92 Å². The number of hydrogen-bond acceptors (Lipinski definition) is 5. The number of ether oxygens (including phenoxy) is 2. The van der Waals surface area contributed by atoms with Crippen LogP contribution in [0.2, 0.25) is 0 Å². The zero-order valence-corrected chi connectivity index (χ0v) is 15.6. The number of nitrogens with one attached hydrogen (secondary N) is 2. The molecule has 0 fully saturated rings. The van der Waals surface area contributed by atoms with Crippen LogP contribution in [0.1, 0.15) is 25.1 Å². The Balaban J connectivity index is 1.89. The zero-order chi connectivity index (χ0) is 18.8. The summed E-state index contributed by atoms with van der Waals surface area (Å²) in [5.74, 6) is 1.63. The molecule has 0 bridgehead atoms. The van der Waals surface area contributed by atoms with E-state index in [-0.39, 0.29) is 11.8 Å². The van der Waals surface area contributed by atoms with Crippen LogP contribution in [-0.4, -0.2) is 31.1 Å². The Kier molecular flexibility index (Phi) is 7.89. The van der Waals surface area contributed by atoms with Gasteiger partial charge in [-0.25, -0.2) is 0 Å². The first kappa shape index (κ1) is 19.7. The van der Waals surface area contributed by atoms with E-state index in [1.165, 1.54) is 0 Å². The van der Waals surface area contributed by atoms with Crippen LogP contribution >= 0.6 is 0 Å². The predicted molar refractivity (Wildman–Crippen MR) is 101 cm³/mol. The van der Waals surface area contributed by atoms with Crippen molar-refractivity contribution in [1.82, 2.24) is 15.6 Å². The van der Waals surface area contributed by atoms with Crippen LogP contribution in [0.3, 0.4) is 0 Å². The Morgan fingerprint density at radius 3 is 2.73 bits per heavy atom. The molecule has 2 aromatic rings. The minimum atomic E-state index is -0.0000156. The predicted octanol–water partition coefficient (Wildman–Crippen LogP) is 2.53. The van der Waals surface area contributed by atoms with Crippen LogP contribution in [0.5, 0.6) is 11.5 Å². The number of aromatic nitrogens is 1. The molecule has 1 amide bonds. The summed E-state index contributed by atoms with van der Waals surface area (Å²) in [6.45, 7) is 6.05. The van der Waals surface area contributed by atoms with Crippen molar-refractivity contribution in [3.05, 3.63) is 53.9 Å². The molecule has 0 aliphatic heterocycles. The van der Waals surface area contributed by atoms with Gasteiger partial charge in [-0.15, -0.1) is 0 Å². The SMILES string of the molecule is COc1ccc(OCc2ccccn2)c(CNCCNC(=O)C(C)C)c1. The van der Waals surface area contributed by atoms with Crippen molar-refractivity contribution in [1.29, 1.82) is 0 Å². The van der Waals surface area contributed by atoms with Crippen molar-refractivity contribution < 1.29 is 14.3 Å². The molecule has 1 aromatic carbocycles. The number of pyridine rings is 1. The molecule has 0 unspecified atom stereocenters. The van der Waals surface area contributed by atoms with E-state index in [1.54, 1.807) is 13.3 Å². The van der Waals surface area contributed by atoms with E-state index in [9.17, 15) is 4.79 Å². The average Bonchev–Trinajstić information content (AvgIpc) is 2.67. The topological polar surface area (TPSA) is 72.5 Å². The molecule has 140 valence electrons. The van der Waals surface area contributed by atoms with Crippen LogP contribution in [0.15, 0.2) is 42.6 Å². The molecule has 0 aliphatic rings. The molecule has 1 aromatic heterocycles. The van der Waals surface area contributed by atoms with Crippen molar-refractivity contribution in [3.8, 4) is 11.5 Å². The van der Waals surface area contributed by atoms with Crippen molar-refractivity contribution in [3.63, 3.8) is 0 Å². The lowest BCUT2D eigenvalue weighted by Crippen LogP contribution is -2.34.